The molecule has 0 fully saturated rings. The minimum absolute atomic E-state index is 0.235. The SMILES string of the molecule is Cc1ccc([C@@H](N)CCN)c(F)c1. The van der Waals surface area contributed by atoms with Crippen LogP contribution in [0.2, 0.25) is 0 Å². The number of benzene rings is 1. The van der Waals surface area contributed by atoms with Crippen LogP contribution < -0.4 is 11.5 Å². The van der Waals surface area contributed by atoms with E-state index in [0.29, 0.717) is 18.5 Å². The van der Waals surface area contributed by atoms with Crippen LogP contribution in [-0.2, 0) is 0 Å². The number of hydrogen-bond acceptors (Lipinski definition) is 2. The molecule has 1 aromatic rings. The molecule has 4 N–H and O–H groups in total. The van der Waals surface area contributed by atoms with E-state index in [-0.39, 0.29) is 11.9 Å². The van der Waals surface area contributed by atoms with Crippen molar-refractivity contribution in [2.45, 2.75) is 19.4 Å². The number of nitrogens with two attached hydrogens (primary N) is 2. The summed E-state index contributed by atoms with van der Waals surface area (Å²) in [6.07, 6.45) is 0.611. The van der Waals surface area contributed by atoms with Crippen molar-refractivity contribution in [3.8, 4) is 0 Å². The van der Waals surface area contributed by atoms with Gasteiger partial charge in [-0.1, -0.05) is 12.1 Å². The molecular weight excluding hydrogens is 167 g/mol. The highest BCUT2D eigenvalue weighted by Crippen LogP contribution is 2.18. The van der Waals surface area contributed by atoms with Crippen molar-refractivity contribution in [1.82, 2.24) is 0 Å². The van der Waals surface area contributed by atoms with E-state index in [1.807, 2.05) is 13.0 Å². The second-order valence-electron chi connectivity index (χ2n) is 3.21. The maximum atomic E-state index is 13.3. The Morgan fingerprint density at radius 1 is 1.46 bits per heavy atom. The summed E-state index contributed by atoms with van der Waals surface area (Å²) in [6.45, 7) is 2.33. The molecule has 0 aromatic heterocycles. The molecule has 0 bridgehead atoms. The predicted molar refractivity (Wildman–Crippen MR) is 51.7 cm³/mol. The fraction of sp³-hybridized carbons (Fsp3) is 0.400. The van der Waals surface area contributed by atoms with Crippen LogP contribution >= 0.6 is 0 Å². The summed E-state index contributed by atoms with van der Waals surface area (Å²) < 4.78 is 13.3. The summed E-state index contributed by atoms with van der Waals surface area (Å²) in [5.74, 6) is -0.235. The predicted octanol–water partition coefficient (Wildman–Crippen LogP) is 1.48. The average molecular weight is 182 g/mol. The summed E-state index contributed by atoms with van der Waals surface area (Å²) in [4.78, 5) is 0. The topological polar surface area (TPSA) is 52.0 Å². The summed E-state index contributed by atoms with van der Waals surface area (Å²) in [7, 11) is 0. The molecule has 0 saturated heterocycles. The van der Waals surface area contributed by atoms with Gasteiger partial charge in [-0.15, -0.1) is 0 Å². The van der Waals surface area contributed by atoms with Crippen molar-refractivity contribution in [1.29, 1.82) is 0 Å². The van der Waals surface area contributed by atoms with Crippen molar-refractivity contribution in [3.05, 3.63) is 35.1 Å². The summed E-state index contributed by atoms with van der Waals surface area (Å²) in [6, 6.07) is 4.79. The number of rotatable bonds is 3. The highest BCUT2D eigenvalue weighted by atomic mass is 19.1. The monoisotopic (exact) mass is 182 g/mol. The first-order valence-electron chi connectivity index (χ1n) is 4.37. The normalized spacial score (nSPS) is 12.9. The molecular formula is C10H15FN2. The molecule has 2 nitrogen and oxygen atoms in total. The Morgan fingerprint density at radius 3 is 2.69 bits per heavy atom. The minimum atomic E-state index is -0.286. The zero-order valence-electron chi connectivity index (χ0n) is 7.76. The Labute approximate surface area is 77.7 Å². The largest absolute Gasteiger partial charge is 0.330 e. The summed E-state index contributed by atoms with van der Waals surface area (Å²) >= 11 is 0. The first kappa shape index (κ1) is 10.2. The third-order valence-corrected chi connectivity index (χ3v) is 2.03. The van der Waals surface area contributed by atoms with E-state index in [4.69, 9.17) is 11.5 Å². The van der Waals surface area contributed by atoms with Gasteiger partial charge in [-0.3, -0.25) is 0 Å². The third kappa shape index (κ3) is 2.50. The summed E-state index contributed by atoms with van der Waals surface area (Å²) in [5.41, 5.74) is 12.5. The first-order chi connectivity index (χ1) is 6.15. The molecule has 0 unspecified atom stereocenters. The van der Waals surface area contributed by atoms with Gasteiger partial charge in [0, 0.05) is 11.6 Å². The Kier molecular flexibility index (Phi) is 3.39. The zero-order chi connectivity index (χ0) is 9.84. The quantitative estimate of drug-likeness (QED) is 0.744. The van der Waals surface area contributed by atoms with Crippen LogP contribution in [0.25, 0.3) is 0 Å². The van der Waals surface area contributed by atoms with Gasteiger partial charge in [0.05, 0.1) is 0 Å². The van der Waals surface area contributed by atoms with E-state index in [9.17, 15) is 4.39 Å². The maximum Gasteiger partial charge on any atom is 0.128 e. The lowest BCUT2D eigenvalue weighted by Crippen LogP contribution is -2.16. The number of halogens is 1. The van der Waals surface area contributed by atoms with Crippen LogP contribution in [0.4, 0.5) is 4.39 Å². The Hall–Kier alpha value is -0.930. The van der Waals surface area contributed by atoms with E-state index in [1.165, 1.54) is 6.07 Å². The Morgan fingerprint density at radius 2 is 2.15 bits per heavy atom. The van der Waals surface area contributed by atoms with Gasteiger partial charge in [-0.2, -0.15) is 0 Å². The van der Waals surface area contributed by atoms with Crippen molar-refractivity contribution < 1.29 is 4.39 Å². The van der Waals surface area contributed by atoms with Gasteiger partial charge in [0.2, 0.25) is 0 Å². The van der Waals surface area contributed by atoms with Crippen LogP contribution in [0.5, 0.6) is 0 Å². The van der Waals surface area contributed by atoms with Crippen LogP contribution in [0, 0.1) is 12.7 Å². The Balaban J connectivity index is 2.88. The van der Waals surface area contributed by atoms with E-state index < -0.39 is 0 Å². The lowest BCUT2D eigenvalue weighted by Gasteiger charge is -2.11. The average Bonchev–Trinajstić information content (AvgIpc) is 2.04. The van der Waals surface area contributed by atoms with Crippen LogP contribution in [0.1, 0.15) is 23.6 Å². The van der Waals surface area contributed by atoms with Gasteiger partial charge in [-0.05, 0) is 31.5 Å². The summed E-state index contributed by atoms with van der Waals surface area (Å²) in [5, 5.41) is 0. The lowest BCUT2D eigenvalue weighted by molar-refractivity contribution is 0.566. The molecule has 72 valence electrons. The van der Waals surface area contributed by atoms with Gasteiger partial charge < -0.3 is 11.5 Å². The van der Waals surface area contributed by atoms with E-state index >= 15 is 0 Å². The molecule has 0 aliphatic rings. The molecule has 13 heavy (non-hydrogen) atoms. The Bertz CT molecular complexity index is 286. The van der Waals surface area contributed by atoms with Crippen LogP contribution in [0.3, 0.4) is 0 Å². The standard InChI is InChI=1S/C10H15FN2/c1-7-2-3-8(9(11)6-7)10(13)4-5-12/h2-3,6,10H,4-5,12-13H2,1H3/t10-/m0/s1. The van der Waals surface area contributed by atoms with E-state index in [2.05, 4.69) is 0 Å². The van der Waals surface area contributed by atoms with E-state index in [1.54, 1.807) is 6.07 Å². The van der Waals surface area contributed by atoms with Gasteiger partial charge in [0.15, 0.2) is 0 Å². The second-order valence-corrected chi connectivity index (χ2v) is 3.21. The third-order valence-electron chi connectivity index (χ3n) is 2.03. The second kappa shape index (κ2) is 4.35. The first-order valence-corrected chi connectivity index (χ1v) is 4.37. The van der Waals surface area contributed by atoms with Gasteiger partial charge in [0.1, 0.15) is 5.82 Å². The lowest BCUT2D eigenvalue weighted by atomic mass is 10.0. The molecule has 0 spiro atoms. The van der Waals surface area contributed by atoms with Crippen molar-refractivity contribution >= 4 is 0 Å². The van der Waals surface area contributed by atoms with Gasteiger partial charge in [-0.25, -0.2) is 4.39 Å². The number of aryl methyl sites for hydroxylation is 1. The molecule has 1 rings (SSSR count). The van der Waals surface area contributed by atoms with Crippen LogP contribution in [0.15, 0.2) is 18.2 Å². The minimum Gasteiger partial charge on any atom is -0.330 e. The molecule has 0 aliphatic heterocycles. The van der Waals surface area contributed by atoms with E-state index in [0.717, 1.165) is 5.56 Å². The van der Waals surface area contributed by atoms with Gasteiger partial charge in [0.25, 0.3) is 0 Å². The molecule has 0 amide bonds. The molecule has 0 heterocycles. The smallest absolute Gasteiger partial charge is 0.128 e. The van der Waals surface area contributed by atoms with Crippen molar-refractivity contribution in [2.75, 3.05) is 6.54 Å². The zero-order valence-corrected chi connectivity index (χ0v) is 7.76. The number of hydrogen-bond donors (Lipinski definition) is 2. The highest BCUT2D eigenvalue weighted by molar-refractivity contribution is 5.25. The molecule has 3 heteroatoms. The molecule has 0 saturated carbocycles. The fourth-order valence-corrected chi connectivity index (χ4v) is 1.27. The molecule has 1 aromatic carbocycles. The molecule has 0 aliphatic carbocycles. The highest BCUT2D eigenvalue weighted by Gasteiger charge is 2.09. The van der Waals surface area contributed by atoms with Crippen molar-refractivity contribution in [3.63, 3.8) is 0 Å². The fourth-order valence-electron chi connectivity index (χ4n) is 1.27. The maximum absolute atomic E-state index is 13.3. The van der Waals surface area contributed by atoms with Gasteiger partial charge >= 0.3 is 0 Å². The molecule has 0 radical (unpaired) electrons. The van der Waals surface area contributed by atoms with Crippen LogP contribution in [-0.4, -0.2) is 6.54 Å². The van der Waals surface area contributed by atoms with Crippen molar-refractivity contribution in [2.24, 2.45) is 11.5 Å². The molecule has 1 atom stereocenters.